The van der Waals surface area contributed by atoms with Crippen molar-refractivity contribution in [3.8, 4) is 11.5 Å². The summed E-state index contributed by atoms with van der Waals surface area (Å²) in [4.78, 5) is 0. The maximum atomic E-state index is 5.91. The molecule has 0 aliphatic carbocycles. The van der Waals surface area contributed by atoms with Gasteiger partial charge in [-0.05, 0) is 60.1 Å². The van der Waals surface area contributed by atoms with Gasteiger partial charge in [0, 0.05) is 0 Å². The molecule has 0 amide bonds. The number of benzene rings is 2. The number of aryl methyl sites for hydroxylation is 2. The van der Waals surface area contributed by atoms with Crippen molar-refractivity contribution >= 4 is 21.4 Å². The SMILES string of the molecule is Cc1ccc(C(C)C)c(O[P]Oc2cc(C)ccc2C(C)C)c1.Cl. The summed E-state index contributed by atoms with van der Waals surface area (Å²) < 4.78 is 11.8. The molecule has 0 bridgehead atoms. The predicted octanol–water partition coefficient (Wildman–Crippen LogP) is 7.21. The van der Waals surface area contributed by atoms with E-state index in [1.807, 2.05) is 0 Å². The van der Waals surface area contributed by atoms with Crippen molar-refractivity contribution in [1.82, 2.24) is 0 Å². The van der Waals surface area contributed by atoms with Crippen molar-refractivity contribution in [2.45, 2.75) is 53.4 Å². The first-order valence-corrected chi connectivity index (χ1v) is 8.87. The van der Waals surface area contributed by atoms with Gasteiger partial charge >= 0.3 is 9.03 Å². The normalized spacial score (nSPS) is 10.7. The zero-order chi connectivity index (χ0) is 17.0. The van der Waals surface area contributed by atoms with Crippen molar-refractivity contribution in [2.75, 3.05) is 0 Å². The first-order valence-electron chi connectivity index (χ1n) is 8.14. The average Bonchev–Trinajstić information content (AvgIpc) is 2.46. The highest BCUT2D eigenvalue weighted by atomic mass is 35.5. The van der Waals surface area contributed by atoms with E-state index >= 15 is 0 Å². The van der Waals surface area contributed by atoms with E-state index in [-0.39, 0.29) is 12.4 Å². The molecule has 2 aromatic carbocycles. The van der Waals surface area contributed by atoms with Crippen LogP contribution >= 0.6 is 21.4 Å². The van der Waals surface area contributed by atoms with Crippen LogP contribution in [0.1, 0.15) is 61.8 Å². The molecule has 0 N–H and O–H groups in total. The minimum absolute atomic E-state index is 0. The van der Waals surface area contributed by atoms with Crippen LogP contribution < -0.4 is 9.05 Å². The van der Waals surface area contributed by atoms with E-state index in [0.29, 0.717) is 20.9 Å². The fraction of sp³-hybridized carbons (Fsp3) is 0.400. The van der Waals surface area contributed by atoms with Crippen molar-refractivity contribution in [2.24, 2.45) is 0 Å². The molecule has 1 radical (unpaired) electrons. The maximum Gasteiger partial charge on any atom is 0.405 e. The molecule has 0 saturated carbocycles. The number of rotatable bonds is 6. The Hall–Kier alpha value is -1.24. The molecule has 0 aromatic heterocycles. The summed E-state index contributed by atoms with van der Waals surface area (Å²) in [5.74, 6) is 2.65. The van der Waals surface area contributed by atoms with Crippen LogP contribution in [-0.2, 0) is 0 Å². The molecular formula is C20H27ClO2P. The molecule has 0 aliphatic rings. The van der Waals surface area contributed by atoms with Crippen molar-refractivity contribution in [3.05, 3.63) is 58.7 Å². The van der Waals surface area contributed by atoms with Crippen LogP contribution in [0.25, 0.3) is 0 Å². The lowest BCUT2D eigenvalue weighted by Crippen LogP contribution is -1.96. The average molecular weight is 366 g/mol. The summed E-state index contributed by atoms with van der Waals surface area (Å²) in [7, 11) is 0.499. The van der Waals surface area contributed by atoms with E-state index < -0.39 is 0 Å². The van der Waals surface area contributed by atoms with Crippen LogP contribution in [-0.4, -0.2) is 0 Å². The van der Waals surface area contributed by atoms with Gasteiger partial charge in [-0.15, -0.1) is 12.4 Å². The first kappa shape index (κ1) is 20.8. The fourth-order valence-corrected chi connectivity index (χ4v) is 3.01. The van der Waals surface area contributed by atoms with Crippen LogP contribution in [0.3, 0.4) is 0 Å². The zero-order valence-corrected chi connectivity index (χ0v) is 17.0. The van der Waals surface area contributed by atoms with Gasteiger partial charge < -0.3 is 9.05 Å². The van der Waals surface area contributed by atoms with Gasteiger partial charge in [-0.3, -0.25) is 0 Å². The zero-order valence-electron chi connectivity index (χ0n) is 15.3. The second-order valence-electron chi connectivity index (χ2n) is 6.65. The van der Waals surface area contributed by atoms with Crippen LogP contribution in [0.4, 0.5) is 0 Å². The molecule has 4 heteroatoms. The molecule has 0 heterocycles. The van der Waals surface area contributed by atoms with Crippen LogP contribution in [0.15, 0.2) is 36.4 Å². The molecule has 2 nitrogen and oxygen atoms in total. The molecule has 0 unspecified atom stereocenters. The Morgan fingerprint density at radius 3 is 1.42 bits per heavy atom. The Balaban J connectivity index is 0.00000288. The van der Waals surface area contributed by atoms with Gasteiger partial charge in [-0.2, -0.15) is 0 Å². The Labute approximate surface area is 154 Å². The third kappa shape index (κ3) is 5.40. The molecule has 2 rings (SSSR count). The van der Waals surface area contributed by atoms with E-state index in [1.54, 1.807) is 0 Å². The van der Waals surface area contributed by atoms with Crippen LogP contribution in [0.5, 0.6) is 11.5 Å². The van der Waals surface area contributed by atoms with Gasteiger partial charge in [0.05, 0.1) is 0 Å². The molecule has 24 heavy (non-hydrogen) atoms. The summed E-state index contributed by atoms with van der Waals surface area (Å²) in [6, 6.07) is 12.7. The lowest BCUT2D eigenvalue weighted by Gasteiger charge is -2.16. The van der Waals surface area contributed by atoms with E-state index in [9.17, 15) is 0 Å². The quantitative estimate of drug-likeness (QED) is 0.503. The number of hydrogen-bond donors (Lipinski definition) is 0. The molecule has 0 aliphatic heterocycles. The lowest BCUT2D eigenvalue weighted by atomic mass is 10.0. The highest BCUT2D eigenvalue weighted by Crippen LogP contribution is 2.35. The predicted molar refractivity (Wildman–Crippen MR) is 106 cm³/mol. The van der Waals surface area contributed by atoms with E-state index in [2.05, 4.69) is 77.9 Å². The lowest BCUT2D eigenvalue weighted by molar-refractivity contribution is 0.503. The highest BCUT2D eigenvalue weighted by molar-refractivity contribution is 7.27. The Morgan fingerprint density at radius 1 is 0.708 bits per heavy atom. The minimum atomic E-state index is 0. The van der Waals surface area contributed by atoms with Gasteiger partial charge in [0.15, 0.2) is 0 Å². The van der Waals surface area contributed by atoms with Crippen LogP contribution in [0.2, 0.25) is 0 Å². The Kier molecular flexibility index (Phi) is 8.06. The van der Waals surface area contributed by atoms with Gasteiger partial charge in [-0.25, -0.2) is 0 Å². The van der Waals surface area contributed by atoms with E-state index in [1.165, 1.54) is 22.3 Å². The second-order valence-corrected chi connectivity index (χ2v) is 7.16. The molecule has 0 fully saturated rings. The van der Waals surface area contributed by atoms with E-state index in [0.717, 1.165) is 11.5 Å². The summed E-state index contributed by atoms with van der Waals surface area (Å²) in [5, 5.41) is 0. The Morgan fingerprint density at radius 2 is 1.08 bits per heavy atom. The molecule has 131 valence electrons. The van der Waals surface area contributed by atoms with Gasteiger partial charge in [-0.1, -0.05) is 52.0 Å². The highest BCUT2D eigenvalue weighted by Gasteiger charge is 2.12. The topological polar surface area (TPSA) is 18.5 Å². The van der Waals surface area contributed by atoms with Gasteiger partial charge in [0.1, 0.15) is 11.5 Å². The summed E-state index contributed by atoms with van der Waals surface area (Å²) >= 11 is 0. The second kappa shape index (κ2) is 9.30. The fourth-order valence-electron chi connectivity index (χ4n) is 2.49. The van der Waals surface area contributed by atoms with Gasteiger partial charge in [0.2, 0.25) is 0 Å². The maximum absolute atomic E-state index is 5.91. The molecule has 0 spiro atoms. The summed E-state index contributed by atoms with van der Waals surface area (Å²) in [5.41, 5.74) is 4.80. The molecule has 0 saturated heterocycles. The van der Waals surface area contributed by atoms with E-state index in [4.69, 9.17) is 9.05 Å². The largest absolute Gasteiger partial charge is 0.431 e. The molecule has 2 aromatic rings. The number of halogens is 1. The molecule has 0 atom stereocenters. The first-order chi connectivity index (χ1) is 10.9. The van der Waals surface area contributed by atoms with Crippen molar-refractivity contribution < 1.29 is 9.05 Å². The third-order valence-electron chi connectivity index (χ3n) is 3.85. The van der Waals surface area contributed by atoms with Crippen LogP contribution in [0, 0.1) is 13.8 Å². The molecular weight excluding hydrogens is 339 g/mol. The number of hydrogen-bond acceptors (Lipinski definition) is 2. The van der Waals surface area contributed by atoms with Crippen molar-refractivity contribution in [1.29, 1.82) is 0 Å². The third-order valence-corrected chi connectivity index (χ3v) is 4.40. The summed E-state index contributed by atoms with van der Waals surface area (Å²) in [6.07, 6.45) is 0. The standard InChI is InChI=1S/C20H26O2P.ClH/c1-13(2)17-9-7-15(5)11-19(17)21-23-22-20-12-16(6)8-10-18(20)14(3)4;/h7-14H,1-6H3;1H. The Bertz CT molecular complexity index is 611. The van der Waals surface area contributed by atoms with Gasteiger partial charge in [0.25, 0.3) is 0 Å². The smallest absolute Gasteiger partial charge is 0.405 e. The summed E-state index contributed by atoms with van der Waals surface area (Å²) in [6.45, 7) is 12.8. The van der Waals surface area contributed by atoms with Crippen molar-refractivity contribution in [3.63, 3.8) is 0 Å². The monoisotopic (exact) mass is 365 g/mol. The minimum Gasteiger partial charge on any atom is -0.431 e.